The molecule has 98 heavy (non-hydrogen) atoms. The predicted molar refractivity (Wildman–Crippen MR) is 400 cm³/mol. The van der Waals surface area contributed by atoms with Gasteiger partial charge in [-0.1, -0.05) is 351 Å². The Balaban J connectivity index is 5.21. The Bertz CT molecular complexity index is 1930. The van der Waals surface area contributed by atoms with Crippen LogP contribution in [0.1, 0.15) is 402 Å². The molecular weight excluding hydrogens is 1280 g/mol. The molecule has 0 radical (unpaired) electrons. The van der Waals surface area contributed by atoms with Crippen LogP contribution in [-0.4, -0.2) is 96.7 Å². The highest BCUT2D eigenvalue weighted by Gasteiger charge is 2.30. The van der Waals surface area contributed by atoms with Crippen molar-refractivity contribution in [2.24, 2.45) is 23.7 Å². The van der Waals surface area contributed by atoms with E-state index in [0.717, 1.165) is 120 Å². The fraction of sp³-hybridized carbons (Fsp3) is 0.949. The van der Waals surface area contributed by atoms with Crippen molar-refractivity contribution in [2.75, 3.05) is 39.6 Å². The van der Waals surface area contributed by atoms with Gasteiger partial charge in [-0.3, -0.25) is 37.3 Å². The number of hydrogen-bond donors (Lipinski definition) is 3. The van der Waals surface area contributed by atoms with E-state index in [4.69, 9.17) is 37.0 Å². The molecule has 19 heteroatoms. The van der Waals surface area contributed by atoms with Gasteiger partial charge in [-0.15, -0.1) is 0 Å². The minimum Gasteiger partial charge on any atom is -0.462 e. The molecular formula is C79H154O17P2. The van der Waals surface area contributed by atoms with Crippen LogP contribution in [-0.2, 0) is 65.4 Å². The van der Waals surface area contributed by atoms with Crippen molar-refractivity contribution in [1.82, 2.24) is 0 Å². The van der Waals surface area contributed by atoms with Gasteiger partial charge in [0, 0.05) is 25.7 Å². The van der Waals surface area contributed by atoms with E-state index < -0.39 is 97.5 Å². The third kappa shape index (κ3) is 68.5. The molecule has 8 atom stereocenters. The van der Waals surface area contributed by atoms with E-state index in [2.05, 4.69) is 55.4 Å². The predicted octanol–water partition coefficient (Wildman–Crippen LogP) is 23.2. The number of aliphatic hydroxyl groups excluding tert-OH is 1. The number of aliphatic hydroxyl groups is 1. The summed E-state index contributed by atoms with van der Waals surface area (Å²) >= 11 is 0. The van der Waals surface area contributed by atoms with Crippen molar-refractivity contribution in [3.63, 3.8) is 0 Å². The first kappa shape index (κ1) is 96.1. The number of hydrogen-bond acceptors (Lipinski definition) is 15. The summed E-state index contributed by atoms with van der Waals surface area (Å²) in [5.74, 6) is 1.03. The first-order valence-electron chi connectivity index (χ1n) is 40.8. The van der Waals surface area contributed by atoms with E-state index >= 15 is 0 Å². The maximum absolute atomic E-state index is 13.1. The Morgan fingerprint density at radius 3 is 0.724 bits per heavy atom. The zero-order chi connectivity index (χ0) is 72.4. The van der Waals surface area contributed by atoms with Gasteiger partial charge >= 0.3 is 39.5 Å². The molecule has 0 fully saturated rings. The largest absolute Gasteiger partial charge is 0.472 e. The van der Waals surface area contributed by atoms with Gasteiger partial charge in [0.05, 0.1) is 26.4 Å². The zero-order valence-corrected chi connectivity index (χ0v) is 66.2. The van der Waals surface area contributed by atoms with Crippen molar-refractivity contribution in [2.45, 2.75) is 420 Å². The molecule has 0 saturated carbocycles. The molecule has 582 valence electrons. The molecule has 3 N–H and O–H groups in total. The van der Waals surface area contributed by atoms with Crippen LogP contribution >= 0.6 is 15.6 Å². The highest BCUT2D eigenvalue weighted by atomic mass is 31.2. The van der Waals surface area contributed by atoms with Gasteiger partial charge in [-0.05, 0) is 49.4 Å². The highest BCUT2D eigenvalue weighted by Crippen LogP contribution is 2.45. The number of rotatable bonds is 76. The summed E-state index contributed by atoms with van der Waals surface area (Å²) in [7, 11) is -9.92. The molecule has 0 rings (SSSR count). The lowest BCUT2D eigenvalue weighted by molar-refractivity contribution is -0.161. The van der Waals surface area contributed by atoms with Gasteiger partial charge in [-0.25, -0.2) is 9.13 Å². The van der Waals surface area contributed by atoms with Gasteiger partial charge in [0.25, 0.3) is 0 Å². The average Bonchev–Trinajstić information content (AvgIpc) is 1.30. The van der Waals surface area contributed by atoms with Crippen LogP contribution in [0.15, 0.2) is 0 Å². The summed E-state index contributed by atoms with van der Waals surface area (Å²) in [6.07, 6.45) is 54.1. The maximum Gasteiger partial charge on any atom is 0.472 e. The lowest BCUT2D eigenvalue weighted by Crippen LogP contribution is -2.30. The molecule has 0 aromatic rings. The number of carbonyl (C=O) groups excluding carboxylic acids is 4. The van der Waals surface area contributed by atoms with Crippen molar-refractivity contribution < 1.29 is 80.2 Å². The molecule has 0 saturated heterocycles. The van der Waals surface area contributed by atoms with Crippen LogP contribution in [0.2, 0.25) is 0 Å². The highest BCUT2D eigenvalue weighted by molar-refractivity contribution is 7.47. The third-order valence-corrected chi connectivity index (χ3v) is 21.3. The van der Waals surface area contributed by atoms with Crippen molar-refractivity contribution >= 4 is 39.5 Å². The minimum absolute atomic E-state index is 0.104. The SMILES string of the molecule is CCC(C)CCCCCCCCCCCCCCCCCCCCC(=O)O[C@H](COC(=O)CCCCCCCCCCCCC(C)CC)COP(=O)(O)OC[C@@H](O)COP(=O)(O)OC[C@@H](COC(=O)CCCCCCCCC(C)CC)OC(=O)CCCCCCCCCCCC(C)C. The molecule has 0 spiro atoms. The Labute approximate surface area is 600 Å². The summed E-state index contributed by atoms with van der Waals surface area (Å²) in [6.45, 7) is 14.3. The fourth-order valence-electron chi connectivity index (χ4n) is 12.0. The third-order valence-electron chi connectivity index (χ3n) is 19.4. The standard InChI is InChI=1S/C79H154O17P2/c1-9-70(6)56-48-40-32-26-20-18-16-14-12-13-15-17-19-21-29-35-45-53-61-78(83)95-74(65-89-76(81)59-51-43-34-28-23-22-27-33-41-49-57-71(7)10-2)67-93-97(85,86)91-63-73(80)64-92-98(87,88)94-68-75(66-90-77(82)60-52-44-38-37-42-50-58-72(8)11-3)96-79(84)62-54-46-36-30-24-25-31-39-47-55-69(4)5/h69-75,80H,9-68H2,1-8H3,(H,85,86)(H,87,88)/t70?,71?,72?,73-,74-,75-/m1/s1. The summed E-state index contributed by atoms with van der Waals surface area (Å²) in [5.41, 5.74) is 0. The van der Waals surface area contributed by atoms with Crippen LogP contribution in [0.25, 0.3) is 0 Å². The summed E-state index contributed by atoms with van der Waals surface area (Å²) < 4.78 is 68.6. The second-order valence-corrected chi connectivity index (χ2v) is 32.6. The van der Waals surface area contributed by atoms with E-state index in [9.17, 15) is 43.2 Å². The van der Waals surface area contributed by atoms with E-state index in [1.54, 1.807) is 0 Å². The van der Waals surface area contributed by atoms with Gasteiger partial charge in [0.1, 0.15) is 19.3 Å². The first-order valence-corrected chi connectivity index (χ1v) is 43.8. The number of ether oxygens (including phenoxy) is 4. The fourth-order valence-corrected chi connectivity index (χ4v) is 13.6. The van der Waals surface area contributed by atoms with E-state index in [1.807, 2.05) is 0 Å². The minimum atomic E-state index is -4.96. The summed E-state index contributed by atoms with van der Waals surface area (Å²) in [4.78, 5) is 72.9. The Morgan fingerprint density at radius 1 is 0.286 bits per heavy atom. The van der Waals surface area contributed by atoms with Gasteiger partial charge < -0.3 is 33.8 Å². The van der Waals surface area contributed by atoms with Gasteiger partial charge in [0.15, 0.2) is 12.2 Å². The number of phosphoric acid groups is 2. The molecule has 0 aromatic carbocycles. The summed E-state index contributed by atoms with van der Waals surface area (Å²) in [6, 6.07) is 0. The number of esters is 4. The molecule has 0 aromatic heterocycles. The monoisotopic (exact) mass is 1440 g/mol. The van der Waals surface area contributed by atoms with E-state index in [0.29, 0.717) is 25.7 Å². The van der Waals surface area contributed by atoms with E-state index in [-0.39, 0.29) is 25.7 Å². The average molecular weight is 1440 g/mol. The summed E-state index contributed by atoms with van der Waals surface area (Å²) in [5, 5.41) is 10.6. The lowest BCUT2D eigenvalue weighted by atomic mass is 9.99. The quantitative estimate of drug-likeness (QED) is 0.0222. The Morgan fingerprint density at radius 2 is 0.490 bits per heavy atom. The van der Waals surface area contributed by atoms with Gasteiger partial charge in [0.2, 0.25) is 0 Å². The zero-order valence-electron chi connectivity index (χ0n) is 64.4. The molecule has 0 heterocycles. The van der Waals surface area contributed by atoms with Crippen LogP contribution in [0.5, 0.6) is 0 Å². The molecule has 0 aliphatic heterocycles. The van der Waals surface area contributed by atoms with Crippen LogP contribution < -0.4 is 0 Å². The second kappa shape index (κ2) is 68.2. The lowest BCUT2D eigenvalue weighted by Gasteiger charge is -2.21. The molecule has 5 unspecified atom stereocenters. The Kier molecular flexibility index (Phi) is 66.8. The molecule has 0 amide bonds. The maximum atomic E-state index is 13.1. The normalized spacial score (nSPS) is 14.9. The van der Waals surface area contributed by atoms with Crippen molar-refractivity contribution in [3.8, 4) is 0 Å². The molecule has 0 bridgehead atoms. The smallest absolute Gasteiger partial charge is 0.462 e. The molecule has 17 nitrogen and oxygen atoms in total. The van der Waals surface area contributed by atoms with Gasteiger partial charge in [-0.2, -0.15) is 0 Å². The number of carbonyl (C=O) groups is 4. The molecule has 0 aliphatic rings. The Hall–Kier alpha value is -1.94. The molecule has 0 aliphatic carbocycles. The topological polar surface area (TPSA) is 237 Å². The second-order valence-electron chi connectivity index (χ2n) is 29.7. The van der Waals surface area contributed by atoms with Crippen molar-refractivity contribution in [1.29, 1.82) is 0 Å². The number of unbranched alkanes of at least 4 members (excludes halogenated alkanes) is 39. The van der Waals surface area contributed by atoms with Crippen molar-refractivity contribution in [3.05, 3.63) is 0 Å². The van der Waals surface area contributed by atoms with Crippen LogP contribution in [0.4, 0.5) is 0 Å². The number of phosphoric ester groups is 2. The van der Waals surface area contributed by atoms with Crippen LogP contribution in [0, 0.1) is 23.7 Å². The van der Waals surface area contributed by atoms with E-state index in [1.165, 1.54) is 199 Å². The first-order chi connectivity index (χ1) is 47.2. The van der Waals surface area contributed by atoms with Crippen LogP contribution in [0.3, 0.4) is 0 Å².